The van der Waals surface area contributed by atoms with Gasteiger partial charge < -0.3 is 10.1 Å². The Morgan fingerprint density at radius 2 is 2.29 bits per heavy atom. The molecule has 0 spiro atoms. The van der Waals surface area contributed by atoms with Crippen LogP contribution in [0.5, 0.6) is 0 Å². The van der Waals surface area contributed by atoms with Gasteiger partial charge in [0.15, 0.2) is 0 Å². The normalized spacial score (nSPS) is 41.9. The zero-order chi connectivity index (χ0) is 11.7. The van der Waals surface area contributed by atoms with E-state index in [2.05, 4.69) is 24.4 Å². The lowest BCUT2D eigenvalue weighted by Crippen LogP contribution is -2.40. The Bertz CT molecular complexity index is 283. The zero-order valence-corrected chi connectivity index (χ0v) is 10.9. The maximum Gasteiger partial charge on any atom is 0.0506 e. The summed E-state index contributed by atoms with van der Waals surface area (Å²) in [5.74, 6) is 3.40. The Morgan fingerprint density at radius 1 is 1.35 bits per heavy atom. The van der Waals surface area contributed by atoms with E-state index >= 15 is 0 Å². The van der Waals surface area contributed by atoms with Crippen molar-refractivity contribution in [1.82, 2.24) is 5.32 Å². The van der Waals surface area contributed by atoms with Crippen molar-refractivity contribution in [3.63, 3.8) is 0 Å². The molecule has 5 unspecified atom stereocenters. The predicted molar refractivity (Wildman–Crippen MR) is 69.9 cm³/mol. The highest BCUT2D eigenvalue weighted by Gasteiger charge is 2.38. The Morgan fingerprint density at radius 3 is 2.94 bits per heavy atom. The first-order valence-corrected chi connectivity index (χ1v) is 7.32. The fourth-order valence-electron chi connectivity index (χ4n) is 3.87. The minimum absolute atomic E-state index is 0.678. The van der Waals surface area contributed by atoms with E-state index in [0.29, 0.717) is 6.04 Å². The molecule has 1 heterocycles. The monoisotopic (exact) mass is 235 g/mol. The Hall–Kier alpha value is -0.340. The van der Waals surface area contributed by atoms with Gasteiger partial charge in [0, 0.05) is 19.2 Å². The summed E-state index contributed by atoms with van der Waals surface area (Å²) < 4.78 is 5.54. The fraction of sp³-hybridized carbons (Fsp3) is 0.867. The Kier molecular flexibility index (Phi) is 3.53. The molecule has 2 fully saturated rings. The molecule has 17 heavy (non-hydrogen) atoms. The minimum Gasteiger partial charge on any atom is -0.381 e. The van der Waals surface area contributed by atoms with Crippen LogP contribution in [-0.2, 0) is 4.74 Å². The van der Waals surface area contributed by atoms with E-state index in [1.807, 2.05) is 0 Å². The average molecular weight is 235 g/mol. The SMILES string of the molecule is CC(NCC1CCCOC1)C1CC2C=CC1C2. The molecule has 2 heteroatoms. The van der Waals surface area contributed by atoms with Gasteiger partial charge in [0.05, 0.1) is 6.61 Å². The van der Waals surface area contributed by atoms with Gasteiger partial charge >= 0.3 is 0 Å². The molecule has 5 atom stereocenters. The minimum atomic E-state index is 0.678. The summed E-state index contributed by atoms with van der Waals surface area (Å²) >= 11 is 0. The lowest BCUT2D eigenvalue weighted by atomic mass is 9.87. The molecule has 1 saturated heterocycles. The molecule has 2 aliphatic carbocycles. The number of nitrogens with one attached hydrogen (secondary N) is 1. The fourth-order valence-corrected chi connectivity index (χ4v) is 3.87. The van der Waals surface area contributed by atoms with Gasteiger partial charge in [-0.1, -0.05) is 12.2 Å². The molecule has 3 aliphatic rings. The second-order valence-electron chi connectivity index (χ2n) is 6.22. The Labute approximate surface area is 105 Å². The van der Waals surface area contributed by atoms with Gasteiger partial charge in [-0.2, -0.15) is 0 Å². The summed E-state index contributed by atoms with van der Waals surface area (Å²) in [6.45, 7) is 5.47. The molecule has 1 saturated carbocycles. The van der Waals surface area contributed by atoms with Crippen LogP contribution in [0.2, 0.25) is 0 Å². The standard InChI is InChI=1S/C15H25NO/c1-11(15-8-12-4-5-14(15)7-12)16-9-13-3-2-6-17-10-13/h4-5,11-16H,2-3,6-10H2,1H3. The van der Waals surface area contributed by atoms with Crippen LogP contribution in [0.25, 0.3) is 0 Å². The summed E-state index contributed by atoms with van der Waals surface area (Å²) in [7, 11) is 0. The van der Waals surface area contributed by atoms with E-state index in [9.17, 15) is 0 Å². The van der Waals surface area contributed by atoms with Crippen LogP contribution >= 0.6 is 0 Å². The molecule has 0 aromatic rings. The van der Waals surface area contributed by atoms with E-state index in [0.717, 1.165) is 43.4 Å². The molecule has 1 aliphatic heterocycles. The van der Waals surface area contributed by atoms with E-state index in [1.54, 1.807) is 0 Å². The predicted octanol–water partition coefficient (Wildman–Crippen LogP) is 2.60. The topological polar surface area (TPSA) is 21.3 Å². The number of rotatable bonds is 4. The lowest BCUT2D eigenvalue weighted by Gasteiger charge is -2.29. The summed E-state index contributed by atoms with van der Waals surface area (Å²) in [4.78, 5) is 0. The third-order valence-electron chi connectivity index (χ3n) is 4.96. The number of ether oxygens (including phenoxy) is 1. The van der Waals surface area contributed by atoms with Crippen LogP contribution in [0.1, 0.15) is 32.6 Å². The van der Waals surface area contributed by atoms with Gasteiger partial charge in [0.2, 0.25) is 0 Å². The smallest absolute Gasteiger partial charge is 0.0506 e. The summed E-state index contributed by atoms with van der Waals surface area (Å²) in [6.07, 6.45) is 10.3. The second-order valence-corrected chi connectivity index (χ2v) is 6.22. The van der Waals surface area contributed by atoms with Gasteiger partial charge in [-0.05, 0) is 56.3 Å². The maximum absolute atomic E-state index is 5.54. The van der Waals surface area contributed by atoms with Crippen molar-refractivity contribution in [2.75, 3.05) is 19.8 Å². The number of allylic oxidation sites excluding steroid dienone is 2. The molecule has 2 nitrogen and oxygen atoms in total. The molecule has 0 amide bonds. The summed E-state index contributed by atoms with van der Waals surface area (Å²) in [5, 5.41) is 3.77. The Balaban J connectivity index is 1.44. The van der Waals surface area contributed by atoms with Crippen LogP contribution in [-0.4, -0.2) is 25.8 Å². The molecule has 2 bridgehead atoms. The van der Waals surface area contributed by atoms with Gasteiger partial charge in [-0.3, -0.25) is 0 Å². The molecule has 0 radical (unpaired) electrons. The van der Waals surface area contributed by atoms with Crippen molar-refractivity contribution in [3.05, 3.63) is 12.2 Å². The first kappa shape index (κ1) is 11.7. The van der Waals surface area contributed by atoms with Crippen LogP contribution in [0.3, 0.4) is 0 Å². The first-order valence-electron chi connectivity index (χ1n) is 7.32. The summed E-state index contributed by atoms with van der Waals surface area (Å²) in [5.41, 5.74) is 0. The van der Waals surface area contributed by atoms with Crippen molar-refractivity contribution in [2.45, 2.75) is 38.6 Å². The van der Waals surface area contributed by atoms with Crippen molar-refractivity contribution in [1.29, 1.82) is 0 Å². The van der Waals surface area contributed by atoms with E-state index < -0.39 is 0 Å². The lowest BCUT2D eigenvalue weighted by molar-refractivity contribution is 0.0529. The van der Waals surface area contributed by atoms with E-state index in [4.69, 9.17) is 4.74 Å². The average Bonchev–Trinajstić information content (AvgIpc) is 2.99. The molecule has 96 valence electrons. The van der Waals surface area contributed by atoms with Gasteiger partial charge in [0.1, 0.15) is 0 Å². The first-order chi connectivity index (χ1) is 8.33. The highest BCUT2D eigenvalue weighted by atomic mass is 16.5. The molecule has 1 N–H and O–H groups in total. The van der Waals surface area contributed by atoms with Crippen LogP contribution in [0.4, 0.5) is 0 Å². The summed E-state index contributed by atoms with van der Waals surface area (Å²) in [6, 6.07) is 0.678. The van der Waals surface area contributed by atoms with Gasteiger partial charge in [-0.25, -0.2) is 0 Å². The number of fused-ring (bicyclic) bond motifs is 2. The third kappa shape index (κ3) is 2.58. The maximum atomic E-state index is 5.54. The third-order valence-corrected chi connectivity index (χ3v) is 4.96. The van der Waals surface area contributed by atoms with E-state index in [1.165, 1.54) is 25.7 Å². The van der Waals surface area contributed by atoms with Crippen LogP contribution in [0.15, 0.2) is 12.2 Å². The van der Waals surface area contributed by atoms with E-state index in [-0.39, 0.29) is 0 Å². The van der Waals surface area contributed by atoms with Crippen molar-refractivity contribution in [2.24, 2.45) is 23.7 Å². The van der Waals surface area contributed by atoms with Crippen LogP contribution in [0, 0.1) is 23.7 Å². The number of hydrogen-bond donors (Lipinski definition) is 1. The van der Waals surface area contributed by atoms with Crippen LogP contribution < -0.4 is 5.32 Å². The number of hydrogen-bond acceptors (Lipinski definition) is 2. The molecular weight excluding hydrogens is 210 g/mol. The largest absolute Gasteiger partial charge is 0.381 e. The second kappa shape index (κ2) is 5.11. The van der Waals surface area contributed by atoms with Crippen molar-refractivity contribution < 1.29 is 4.74 Å². The van der Waals surface area contributed by atoms with Crippen molar-refractivity contribution in [3.8, 4) is 0 Å². The molecule has 0 aromatic heterocycles. The van der Waals surface area contributed by atoms with Gasteiger partial charge in [0.25, 0.3) is 0 Å². The molecule has 3 rings (SSSR count). The molecule has 0 aromatic carbocycles. The quantitative estimate of drug-likeness (QED) is 0.756. The van der Waals surface area contributed by atoms with Gasteiger partial charge in [-0.15, -0.1) is 0 Å². The van der Waals surface area contributed by atoms with Crippen molar-refractivity contribution >= 4 is 0 Å². The molecular formula is C15H25NO. The zero-order valence-electron chi connectivity index (χ0n) is 10.9. The highest BCUT2D eigenvalue weighted by Crippen LogP contribution is 2.44. The highest BCUT2D eigenvalue weighted by molar-refractivity contribution is 5.11.